The molecule has 0 saturated carbocycles. The minimum atomic E-state index is -1.24. The molecule has 1 heterocycles. The second-order valence-corrected chi connectivity index (χ2v) is 7.22. The number of urea groups is 1. The third-order valence-electron chi connectivity index (χ3n) is 5.20. The van der Waals surface area contributed by atoms with Crippen molar-refractivity contribution in [2.75, 3.05) is 7.11 Å². The van der Waals surface area contributed by atoms with Gasteiger partial charge in [0, 0.05) is 0 Å². The number of carbonyl (C=O) groups is 3. The zero-order chi connectivity index (χ0) is 19.7. The molecule has 0 bridgehead atoms. The molecule has 0 spiro atoms. The van der Waals surface area contributed by atoms with Crippen LogP contribution in [-0.4, -0.2) is 25.0 Å². The van der Waals surface area contributed by atoms with Crippen molar-refractivity contribution in [2.24, 2.45) is 5.41 Å². The Bertz CT molecular complexity index is 635. The molecular weight excluding hydrogens is 344 g/mol. The van der Waals surface area contributed by atoms with Crippen molar-refractivity contribution in [1.29, 1.82) is 0 Å². The van der Waals surface area contributed by atoms with Gasteiger partial charge in [0.1, 0.15) is 11.2 Å². The van der Waals surface area contributed by atoms with Crippen LogP contribution in [0, 0.1) is 5.41 Å². The van der Waals surface area contributed by atoms with Crippen molar-refractivity contribution < 1.29 is 19.1 Å². The largest absolute Gasteiger partial charge is 0.497 e. The lowest BCUT2D eigenvalue weighted by Gasteiger charge is -2.34. The van der Waals surface area contributed by atoms with Gasteiger partial charge in [-0.3, -0.25) is 20.2 Å². The molecule has 148 valence electrons. The monoisotopic (exact) mass is 374 g/mol. The Kier molecular flexibility index (Phi) is 7.82. The van der Waals surface area contributed by atoms with E-state index in [-0.39, 0.29) is 6.42 Å². The van der Waals surface area contributed by atoms with Crippen molar-refractivity contribution in [1.82, 2.24) is 10.6 Å². The summed E-state index contributed by atoms with van der Waals surface area (Å²) in [6.07, 6.45) is 8.39. The number of unbranched alkanes of at least 4 members (excludes halogenated alkanes) is 6. The van der Waals surface area contributed by atoms with Gasteiger partial charge in [0.15, 0.2) is 0 Å². The first kappa shape index (κ1) is 20.9. The molecule has 2 N–H and O–H groups in total. The summed E-state index contributed by atoms with van der Waals surface area (Å²) in [5.74, 6) is -0.288. The molecule has 0 unspecified atom stereocenters. The number of imide groups is 2. The number of nitrogens with one attached hydrogen (secondary N) is 2. The average Bonchev–Trinajstić information content (AvgIpc) is 2.65. The zero-order valence-corrected chi connectivity index (χ0v) is 16.3. The SMILES string of the molecule is CCCCCCCCCC1(Cc2ccc(OC)cc2)C(=O)NC(=O)NC1=O. The van der Waals surface area contributed by atoms with E-state index in [0.29, 0.717) is 12.2 Å². The molecule has 1 aliphatic heterocycles. The van der Waals surface area contributed by atoms with Crippen LogP contribution in [0.25, 0.3) is 0 Å². The van der Waals surface area contributed by atoms with E-state index in [1.165, 1.54) is 25.7 Å². The number of ether oxygens (including phenoxy) is 1. The highest BCUT2D eigenvalue weighted by atomic mass is 16.5. The Morgan fingerprint density at radius 1 is 0.852 bits per heavy atom. The Morgan fingerprint density at radius 2 is 1.41 bits per heavy atom. The van der Waals surface area contributed by atoms with Crippen molar-refractivity contribution in [3.8, 4) is 5.75 Å². The van der Waals surface area contributed by atoms with Crippen molar-refractivity contribution in [3.63, 3.8) is 0 Å². The molecule has 0 atom stereocenters. The van der Waals surface area contributed by atoms with Crippen LogP contribution in [0.3, 0.4) is 0 Å². The van der Waals surface area contributed by atoms with Gasteiger partial charge in [0.25, 0.3) is 0 Å². The number of barbiturate groups is 1. The Labute approximate surface area is 161 Å². The molecule has 0 aliphatic carbocycles. The number of amides is 4. The molecule has 1 aliphatic rings. The van der Waals surface area contributed by atoms with Gasteiger partial charge >= 0.3 is 6.03 Å². The molecule has 1 fully saturated rings. The second-order valence-electron chi connectivity index (χ2n) is 7.22. The van der Waals surface area contributed by atoms with E-state index < -0.39 is 23.3 Å². The summed E-state index contributed by atoms with van der Waals surface area (Å²) in [5.41, 5.74) is -0.385. The maximum absolute atomic E-state index is 12.7. The zero-order valence-electron chi connectivity index (χ0n) is 16.3. The molecule has 6 heteroatoms. The first-order valence-corrected chi connectivity index (χ1v) is 9.81. The van der Waals surface area contributed by atoms with E-state index >= 15 is 0 Å². The molecule has 2 rings (SSSR count). The third kappa shape index (κ3) is 5.55. The van der Waals surface area contributed by atoms with Crippen LogP contribution < -0.4 is 15.4 Å². The van der Waals surface area contributed by atoms with Crippen molar-refractivity contribution in [3.05, 3.63) is 29.8 Å². The average molecular weight is 374 g/mol. The van der Waals surface area contributed by atoms with E-state index in [2.05, 4.69) is 17.6 Å². The highest BCUT2D eigenvalue weighted by Gasteiger charge is 2.49. The van der Waals surface area contributed by atoms with Gasteiger partial charge in [0.05, 0.1) is 7.11 Å². The molecule has 0 radical (unpaired) electrons. The molecule has 1 aromatic rings. The maximum Gasteiger partial charge on any atom is 0.328 e. The summed E-state index contributed by atoms with van der Waals surface area (Å²) in [6.45, 7) is 2.19. The predicted molar refractivity (Wildman–Crippen MR) is 103 cm³/mol. The molecular formula is C21H30N2O4. The summed E-state index contributed by atoms with van der Waals surface area (Å²) >= 11 is 0. The minimum absolute atomic E-state index is 0.262. The Balaban J connectivity index is 2.05. The molecule has 0 aromatic heterocycles. The summed E-state index contributed by atoms with van der Waals surface area (Å²) in [4.78, 5) is 36.8. The van der Waals surface area contributed by atoms with Gasteiger partial charge in [-0.1, -0.05) is 64.0 Å². The molecule has 6 nitrogen and oxygen atoms in total. The maximum atomic E-state index is 12.7. The van der Waals surface area contributed by atoms with Crippen LogP contribution in [-0.2, 0) is 16.0 Å². The summed E-state index contributed by atoms with van der Waals surface area (Å²) in [6, 6.07) is 6.57. The fraction of sp³-hybridized carbons (Fsp3) is 0.571. The van der Waals surface area contributed by atoms with E-state index in [9.17, 15) is 14.4 Å². The number of methoxy groups -OCH3 is 1. The topological polar surface area (TPSA) is 84.5 Å². The van der Waals surface area contributed by atoms with Crippen LogP contribution in [0.4, 0.5) is 4.79 Å². The molecule has 27 heavy (non-hydrogen) atoms. The first-order valence-electron chi connectivity index (χ1n) is 9.81. The summed E-state index contributed by atoms with van der Waals surface area (Å²) < 4.78 is 5.16. The van der Waals surface area contributed by atoms with Crippen LogP contribution >= 0.6 is 0 Å². The standard InChI is InChI=1S/C21H30N2O4/c1-3-4-5-6-7-8-9-14-21(18(24)22-20(26)23-19(21)25)15-16-10-12-17(27-2)13-11-16/h10-13H,3-9,14-15H2,1-2H3,(H2,22,23,24,25,26). The van der Waals surface area contributed by atoms with Crippen molar-refractivity contribution >= 4 is 17.8 Å². The lowest BCUT2D eigenvalue weighted by atomic mass is 9.74. The highest BCUT2D eigenvalue weighted by molar-refractivity contribution is 6.19. The Morgan fingerprint density at radius 3 is 1.96 bits per heavy atom. The highest BCUT2D eigenvalue weighted by Crippen LogP contribution is 2.33. The number of hydrogen-bond donors (Lipinski definition) is 2. The molecule has 1 aromatic carbocycles. The van der Waals surface area contributed by atoms with Gasteiger partial charge in [-0.15, -0.1) is 0 Å². The lowest BCUT2D eigenvalue weighted by molar-refractivity contribution is -0.145. The number of benzene rings is 1. The van der Waals surface area contributed by atoms with Crippen LogP contribution in [0.2, 0.25) is 0 Å². The van der Waals surface area contributed by atoms with Crippen LogP contribution in [0.15, 0.2) is 24.3 Å². The van der Waals surface area contributed by atoms with E-state index in [1.54, 1.807) is 19.2 Å². The minimum Gasteiger partial charge on any atom is -0.497 e. The predicted octanol–water partition coefficient (Wildman–Crippen LogP) is 3.73. The Hall–Kier alpha value is -2.37. The van der Waals surface area contributed by atoms with Crippen LogP contribution in [0.5, 0.6) is 5.75 Å². The number of hydrogen-bond acceptors (Lipinski definition) is 4. The molecule has 1 saturated heterocycles. The number of rotatable bonds is 11. The third-order valence-corrected chi connectivity index (χ3v) is 5.20. The van der Waals surface area contributed by atoms with E-state index in [4.69, 9.17) is 4.74 Å². The van der Waals surface area contributed by atoms with E-state index in [1.807, 2.05) is 12.1 Å². The van der Waals surface area contributed by atoms with Gasteiger partial charge in [-0.05, 0) is 30.5 Å². The smallest absolute Gasteiger partial charge is 0.328 e. The quantitative estimate of drug-likeness (QED) is 0.456. The lowest BCUT2D eigenvalue weighted by Crippen LogP contribution is -2.63. The van der Waals surface area contributed by atoms with Crippen molar-refractivity contribution in [2.45, 2.75) is 64.7 Å². The second kappa shape index (κ2) is 10.1. The fourth-order valence-electron chi connectivity index (χ4n) is 3.53. The fourth-order valence-corrected chi connectivity index (χ4v) is 3.53. The normalized spacial score (nSPS) is 16.0. The van der Waals surface area contributed by atoms with E-state index in [0.717, 1.165) is 24.8 Å². The van der Waals surface area contributed by atoms with Gasteiger partial charge in [0.2, 0.25) is 11.8 Å². The van der Waals surface area contributed by atoms with Gasteiger partial charge < -0.3 is 4.74 Å². The van der Waals surface area contributed by atoms with Gasteiger partial charge in [-0.2, -0.15) is 0 Å². The first-order chi connectivity index (χ1) is 13.0. The summed E-state index contributed by atoms with van der Waals surface area (Å²) in [7, 11) is 1.59. The van der Waals surface area contributed by atoms with Crippen LogP contribution in [0.1, 0.15) is 63.9 Å². The molecule has 4 amide bonds. The number of carbonyl (C=O) groups excluding carboxylic acids is 3. The van der Waals surface area contributed by atoms with Gasteiger partial charge in [-0.25, -0.2) is 4.79 Å². The summed E-state index contributed by atoms with van der Waals surface area (Å²) in [5, 5.41) is 4.56.